The molecule has 1 amide bonds. The second-order valence-corrected chi connectivity index (χ2v) is 6.00. The van der Waals surface area contributed by atoms with Gasteiger partial charge in [-0.15, -0.1) is 0 Å². The Bertz CT molecular complexity index is 788. The van der Waals surface area contributed by atoms with E-state index in [1.807, 2.05) is 30.3 Å². The number of hydrogen-bond donors (Lipinski definition) is 1. The SMILES string of the molecule is COc1ccc(OCCOc2ccc(Cl)cc2CCNC(=O)CC#N)cc1. The Hall–Kier alpha value is -2.91. The lowest BCUT2D eigenvalue weighted by atomic mass is 10.1. The van der Waals surface area contributed by atoms with Crippen molar-refractivity contribution >= 4 is 17.5 Å². The molecule has 0 radical (unpaired) electrons. The lowest BCUT2D eigenvalue weighted by molar-refractivity contribution is -0.120. The van der Waals surface area contributed by atoms with Gasteiger partial charge in [-0.05, 0) is 54.4 Å². The molecule has 0 aromatic heterocycles. The van der Waals surface area contributed by atoms with Crippen molar-refractivity contribution < 1.29 is 19.0 Å². The van der Waals surface area contributed by atoms with Crippen LogP contribution in [0.5, 0.6) is 17.2 Å². The summed E-state index contributed by atoms with van der Waals surface area (Å²) >= 11 is 6.05. The molecule has 0 heterocycles. The number of ether oxygens (including phenoxy) is 3. The zero-order valence-electron chi connectivity index (χ0n) is 15.0. The molecule has 0 fully saturated rings. The number of carbonyl (C=O) groups excluding carboxylic acids is 1. The zero-order chi connectivity index (χ0) is 19.5. The van der Waals surface area contributed by atoms with Crippen LogP contribution in [0.2, 0.25) is 5.02 Å². The number of carbonyl (C=O) groups is 1. The quantitative estimate of drug-likeness (QED) is 0.631. The first-order chi connectivity index (χ1) is 13.1. The van der Waals surface area contributed by atoms with Gasteiger partial charge in [0.15, 0.2) is 0 Å². The van der Waals surface area contributed by atoms with E-state index < -0.39 is 0 Å². The third-order valence-corrected chi connectivity index (χ3v) is 3.88. The van der Waals surface area contributed by atoms with Crippen molar-refractivity contribution in [3.8, 4) is 23.3 Å². The number of rotatable bonds is 10. The maximum Gasteiger partial charge on any atom is 0.234 e. The lowest BCUT2D eigenvalue weighted by Gasteiger charge is -2.13. The molecule has 0 aliphatic carbocycles. The van der Waals surface area contributed by atoms with E-state index in [4.69, 9.17) is 31.1 Å². The fraction of sp³-hybridized carbons (Fsp3) is 0.300. The van der Waals surface area contributed by atoms with Crippen molar-refractivity contribution in [2.75, 3.05) is 26.9 Å². The normalized spacial score (nSPS) is 9.96. The van der Waals surface area contributed by atoms with Crippen LogP contribution in [-0.4, -0.2) is 32.8 Å². The molecule has 6 nitrogen and oxygen atoms in total. The van der Waals surface area contributed by atoms with Gasteiger partial charge in [-0.3, -0.25) is 4.79 Å². The standard InChI is InChI=1S/C20H21ClN2O4/c1-25-17-3-5-18(6-4-17)26-12-13-27-19-7-2-16(21)14-15(19)9-11-23-20(24)8-10-22/h2-7,14H,8-9,11-13H2,1H3,(H,23,24). The van der Waals surface area contributed by atoms with Crippen molar-refractivity contribution in [2.24, 2.45) is 0 Å². The lowest BCUT2D eigenvalue weighted by Crippen LogP contribution is -2.25. The van der Waals surface area contributed by atoms with Crippen LogP contribution in [0.15, 0.2) is 42.5 Å². The summed E-state index contributed by atoms with van der Waals surface area (Å²) in [5.74, 6) is 1.89. The number of amides is 1. The van der Waals surface area contributed by atoms with Gasteiger partial charge in [0.2, 0.25) is 5.91 Å². The Balaban J connectivity index is 1.82. The summed E-state index contributed by atoms with van der Waals surface area (Å²) in [6.07, 6.45) is 0.397. The van der Waals surface area contributed by atoms with Crippen molar-refractivity contribution in [1.82, 2.24) is 5.32 Å². The van der Waals surface area contributed by atoms with Crippen LogP contribution >= 0.6 is 11.6 Å². The summed E-state index contributed by atoms with van der Waals surface area (Å²) in [5, 5.41) is 11.8. The summed E-state index contributed by atoms with van der Waals surface area (Å²) in [4.78, 5) is 11.4. The molecule has 0 bridgehead atoms. The molecule has 7 heteroatoms. The topological polar surface area (TPSA) is 80.6 Å². The van der Waals surface area contributed by atoms with Gasteiger partial charge in [0, 0.05) is 11.6 Å². The molecule has 0 saturated heterocycles. The highest BCUT2D eigenvalue weighted by atomic mass is 35.5. The Morgan fingerprint density at radius 3 is 2.52 bits per heavy atom. The molecule has 2 rings (SSSR count). The number of nitriles is 1. The van der Waals surface area contributed by atoms with Gasteiger partial charge < -0.3 is 19.5 Å². The highest BCUT2D eigenvalue weighted by molar-refractivity contribution is 6.30. The second-order valence-electron chi connectivity index (χ2n) is 5.56. The number of nitrogens with zero attached hydrogens (tertiary/aromatic N) is 1. The van der Waals surface area contributed by atoms with Crippen LogP contribution in [0.1, 0.15) is 12.0 Å². The maximum absolute atomic E-state index is 11.4. The minimum Gasteiger partial charge on any atom is -0.497 e. The number of nitrogens with one attached hydrogen (secondary N) is 1. The Morgan fingerprint density at radius 2 is 1.81 bits per heavy atom. The minimum atomic E-state index is -0.296. The first kappa shape index (κ1) is 20.4. The van der Waals surface area contributed by atoms with E-state index in [1.165, 1.54) is 0 Å². The van der Waals surface area contributed by atoms with Crippen LogP contribution in [0.3, 0.4) is 0 Å². The van der Waals surface area contributed by atoms with Crippen LogP contribution in [0.4, 0.5) is 0 Å². The van der Waals surface area contributed by atoms with Gasteiger partial charge in [-0.25, -0.2) is 0 Å². The molecule has 0 aliphatic rings. The zero-order valence-corrected chi connectivity index (χ0v) is 15.8. The molecule has 0 aliphatic heterocycles. The first-order valence-corrected chi connectivity index (χ1v) is 8.82. The first-order valence-electron chi connectivity index (χ1n) is 8.44. The molecule has 0 saturated carbocycles. The van der Waals surface area contributed by atoms with E-state index in [1.54, 1.807) is 25.3 Å². The predicted octanol–water partition coefficient (Wildman–Crippen LogP) is 3.38. The van der Waals surface area contributed by atoms with Gasteiger partial charge in [-0.2, -0.15) is 5.26 Å². The number of benzene rings is 2. The highest BCUT2D eigenvalue weighted by Gasteiger charge is 2.07. The van der Waals surface area contributed by atoms with Gasteiger partial charge in [0.05, 0.1) is 13.2 Å². The van der Waals surface area contributed by atoms with Crippen LogP contribution < -0.4 is 19.5 Å². The van der Waals surface area contributed by atoms with Crippen molar-refractivity contribution in [2.45, 2.75) is 12.8 Å². The molecular formula is C20H21ClN2O4. The van der Waals surface area contributed by atoms with E-state index in [2.05, 4.69) is 5.32 Å². The fourth-order valence-corrected chi connectivity index (χ4v) is 2.53. The molecule has 2 aromatic carbocycles. The third-order valence-electron chi connectivity index (χ3n) is 3.65. The van der Waals surface area contributed by atoms with Gasteiger partial charge in [0.25, 0.3) is 0 Å². The number of halogens is 1. The molecule has 2 aromatic rings. The molecule has 142 valence electrons. The van der Waals surface area contributed by atoms with E-state index in [0.717, 1.165) is 17.1 Å². The molecule has 0 unspecified atom stereocenters. The molecule has 27 heavy (non-hydrogen) atoms. The third kappa shape index (κ3) is 7.08. The molecular weight excluding hydrogens is 368 g/mol. The Kier molecular flexibility index (Phi) is 8.27. The van der Waals surface area contributed by atoms with E-state index >= 15 is 0 Å². The van der Waals surface area contributed by atoms with Crippen LogP contribution in [-0.2, 0) is 11.2 Å². The van der Waals surface area contributed by atoms with Gasteiger partial charge in [-0.1, -0.05) is 11.6 Å². The van der Waals surface area contributed by atoms with Gasteiger partial charge in [0.1, 0.15) is 36.9 Å². The average Bonchev–Trinajstić information content (AvgIpc) is 2.67. The fourth-order valence-electron chi connectivity index (χ4n) is 2.34. The summed E-state index contributed by atoms with van der Waals surface area (Å²) in [6, 6.07) is 14.5. The Morgan fingerprint density at radius 1 is 1.11 bits per heavy atom. The summed E-state index contributed by atoms with van der Waals surface area (Å²) in [5.41, 5.74) is 0.879. The monoisotopic (exact) mass is 388 g/mol. The van der Waals surface area contributed by atoms with Gasteiger partial charge >= 0.3 is 0 Å². The molecule has 1 N–H and O–H groups in total. The predicted molar refractivity (Wildman–Crippen MR) is 102 cm³/mol. The van der Waals surface area contributed by atoms with Crippen LogP contribution in [0, 0.1) is 11.3 Å². The average molecular weight is 389 g/mol. The maximum atomic E-state index is 11.4. The van der Waals surface area contributed by atoms with Crippen molar-refractivity contribution in [3.05, 3.63) is 53.1 Å². The number of methoxy groups -OCH3 is 1. The smallest absolute Gasteiger partial charge is 0.234 e. The summed E-state index contributed by atoms with van der Waals surface area (Å²) < 4.78 is 16.5. The minimum absolute atomic E-state index is 0.151. The van der Waals surface area contributed by atoms with Crippen LogP contribution in [0.25, 0.3) is 0 Å². The second kappa shape index (κ2) is 10.9. The van der Waals surface area contributed by atoms with E-state index in [-0.39, 0.29) is 12.3 Å². The van der Waals surface area contributed by atoms with E-state index in [0.29, 0.717) is 37.0 Å². The largest absolute Gasteiger partial charge is 0.497 e. The highest BCUT2D eigenvalue weighted by Crippen LogP contribution is 2.23. The molecule has 0 spiro atoms. The molecule has 0 atom stereocenters. The Labute approximate surface area is 163 Å². The number of hydrogen-bond acceptors (Lipinski definition) is 5. The summed E-state index contributed by atoms with van der Waals surface area (Å²) in [6.45, 7) is 1.15. The van der Waals surface area contributed by atoms with Crippen molar-refractivity contribution in [1.29, 1.82) is 5.26 Å². The van der Waals surface area contributed by atoms with Crippen molar-refractivity contribution in [3.63, 3.8) is 0 Å². The van der Waals surface area contributed by atoms with E-state index in [9.17, 15) is 4.79 Å². The summed E-state index contributed by atoms with van der Waals surface area (Å²) in [7, 11) is 1.61.